The zero-order valence-corrected chi connectivity index (χ0v) is 19.6. The second-order valence-corrected chi connectivity index (χ2v) is 9.30. The molecule has 176 valence electrons. The van der Waals surface area contributed by atoms with Gasteiger partial charge in [0, 0.05) is 26.2 Å². The van der Waals surface area contributed by atoms with Crippen LogP contribution in [-0.4, -0.2) is 67.5 Å². The molecule has 34 heavy (non-hydrogen) atoms. The molecule has 1 atom stereocenters. The molecule has 1 aromatic heterocycles. The molecule has 1 fully saturated rings. The van der Waals surface area contributed by atoms with Crippen LogP contribution in [0.3, 0.4) is 0 Å². The van der Waals surface area contributed by atoms with Crippen LogP contribution in [0.4, 0.5) is 10.5 Å². The molecule has 0 bridgehead atoms. The molecule has 1 aromatic carbocycles. The Balaban J connectivity index is 1.38. The van der Waals surface area contributed by atoms with Crippen LogP contribution in [-0.2, 0) is 4.74 Å². The van der Waals surface area contributed by atoms with E-state index in [1.54, 1.807) is 31.2 Å². The highest BCUT2D eigenvalue weighted by atomic mass is 32.1. The van der Waals surface area contributed by atoms with Gasteiger partial charge in [0.15, 0.2) is 5.78 Å². The summed E-state index contributed by atoms with van der Waals surface area (Å²) >= 11 is 1.22. The SMILES string of the molecule is CCOC(=O)c1ccc(C2=C3C(=O)c4c(NC(=O)NN5CCN(C)CC5)cccc4C3N=N2)s1. The monoisotopic (exact) mass is 480 g/mol. The molecule has 3 aliphatic rings. The number of urea groups is 1. The number of fused-ring (bicyclic) bond motifs is 3. The largest absolute Gasteiger partial charge is 0.462 e. The summed E-state index contributed by atoms with van der Waals surface area (Å²) in [5, 5.41) is 13.3. The molecule has 0 radical (unpaired) electrons. The van der Waals surface area contributed by atoms with Crippen LogP contribution in [0.2, 0.25) is 0 Å². The molecule has 1 saturated heterocycles. The normalized spacial score (nSPS) is 19.8. The van der Waals surface area contributed by atoms with Crippen molar-refractivity contribution in [1.82, 2.24) is 15.3 Å². The fourth-order valence-corrected chi connectivity index (χ4v) is 5.17. The van der Waals surface area contributed by atoms with Crippen LogP contribution in [0.5, 0.6) is 0 Å². The Bertz CT molecular complexity index is 1230. The van der Waals surface area contributed by atoms with E-state index < -0.39 is 18.0 Å². The number of nitrogens with one attached hydrogen (secondary N) is 2. The number of anilines is 1. The van der Waals surface area contributed by atoms with Gasteiger partial charge in [-0.05, 0) is 37.7 Å². The minimum atomic E-state index is -0.520. The van der Waals surface area contributed by atoms with Crippen molar-refractivity contribution < 1.29 is 19.1 Å². The molecule has 2 aromatic rings. The number of azo groups is 1. The number of likely N-dealkylation sites (N-methyl/N-ethyl adjacent to an activating group) is 1. The fraction of sp³-hybridized carbons (Fsp3) is 0.348. The third-order valence-corrected chi connectivity index (χ3v) is 7.06. The van der Waals surface area contributed by atoms with Crippen LogP contribution >= 0.6 is 11.3 Å². The van der Waals surface area contributed by atoms with Gasteiger partial charge in [0.25, 0.3) is 0 Å². The number of nitrogens with zero attached hydrogens (tertiary/aromatic N) is 4. The second-order valence-electron chi connectivity index (χ2n) is 8.22. The number of ketones is 1. The topological polar surface area (TPSA) is 116 Å². The lowest BCUT2D eigenvalue weighted by Gasteiger charge is -2.32. The predicted octanol–water partition coefficient (Wildman–Crippen LogP) is 3.32. The summed E-state index contributed by atoms with van der Waals surface area (Å²) in [6.45, 7) is 5.21. The average Bonchev–Trinajstić information content (AvgIpc) is 3.53. The van der Waals surface area contributed by atoms with E-state index in [0.717, 1.165) is 26.2 Å². The number of Topliss-reactive ketones (excluding diaryl/α,β-unsaturated/α-hetero) is 1. The summed E-state index contributed by atoms with van der Waals surface area (Å²) in [6, 6.07) is 7.83. The minimum absolute atomic E-state index is 0.221. The van der Waals surface area contributed by atoms with Gasteiger partial charge < -0.3 is 15.0 Å². The summed E-state index contributed by atoms with van der Waals surface area (Å²) in [7, 11) is 2.04. The molecule has 0 saturated carbocycles. The van der Waals surface area contributed by atoms with E-state index in [2.05, 4.69) is 25.9 Å². The number of hydrogen-bond acceptors (Lipinski definition) is 9. The molecule has 1 unspecified atom stereocenters. The number of amides is 2. The third kappa shape index (κ3) is 4.02. The maximum absolute atomic E-state index is 13.5. The summed E-state index contributed by atoms with van der Waals surface area (Å²) in [6.07, 6.45) is 0. The van der Waals surface area contributed by atoms with Crippen LogP contribution < -0.4 is 10.7 Å². The van der Waals surface area contributed by atoms with Crippen LogP contribution in [0, 0.1) is 0 Å². The van der Waals surface area contributed by atoms with Gasteiger partial charge in [-0.3, -0.25) is 10.2 Å². The van der Waals surface area contributed by atoms with Crippen molar-refractivity contribution in [1.29, 1.82) is 0 Å². The molecule has 1 aliphatic carbocycles. The predicted molar refractivity (Wildman–Crippen MR) is 127 cm³/mol. The van der Waals surface area contributed by atoms with Gasteiger partial charge in [0.1, 0.15) is 16.6 Å². The Kier molecular flexibility index (Phi) is 5.98. The molecule has 3 heterocycles. The molecule has 11 heteroatoms. The Hall–Kier alpha value is -3.41. The van der Waals surface area contributed by atoms with Crippen molar-refractivity contribution in [2.24, 2.45) is 10.2 Å². The Labute approximate surface area is 200 Å². The van der Waals surface area contributed by atoms with Crippen LogP contribution in [0.25, 0.3) is 5.70 Å². The number of esters is 1. The first-order valence-electron chi connectivity index (χ1n) is 11.1. The van der Waals surface area contributed by atoms with E-state index in [1.165, 1.54) is 11.3 Å². The number of carbonyl (C=O) groups is 3. The maximum Gasteiger partial charge on any atom is 0.348 e. The summed E-state index contributed by atoms with van der Waals surface area (Å²) < 4.78 is 5.06. The smallest absolute Gasteiger partial charge is 0.348 e. The third-order valence-electron chi connectivity index (χ3n) is 5.99. The van der Waals surface area contributed by atoms with E-state index in [9.17, 15) is 14.4 Å². The molecular weight excluding hydrogens is 456 g/mol. The lowest BCUT2D eigenvalue weighted by molar-refractivity contribution is 0.0532. The Morgan fingerprint density at radius 3 is 2.74 bits per heavy atom. The van der Waals surface area contributed by atoms with Gasteiger partial charge in [-0.1, -0.05) is 12.1 Å². The van der Waals surface area contributed by atoms with Gasteiger partial charge in [-0.15, -0.1) is 11.3 Å². The number of ether oxygens (including phenoxy) is 1. The van der Waals surface area contributed by atoms with Crippen LogP contribution in [0.1, 0.15) is 43.4 Å². The minimum Gasteiger partial charge on any atom is -0.462 e. The highest BCUT2D eigenvalue weighted by Crippen LogP contribution is 2.49. The zero-order valence-electron chi connectivity index (χ0n) is 18.8. The van der Waals surface area contributed by atoms with E-state index in [1.807, 2.05) is 18.1 Å². The maximum atomic E-state index is 13.5. The number of piperazine rings is 1. The van der Waals surface area contributed by atoms with Gasteiger partial charge in [-0.2, -0.15) is 10.2 Å². The van der Waals surface area contributed by atoms with Gasteiger partial charge in [0.2, 0.25) is 0 Å². The number of hydrogen-bond donors (Lipinski definition) is 2. The van der Waals surface area contributed by atoms with Crippen molar-refractivity contribution in [2.75, 3.05) is 45.2 Å². The number of carbonyl (C=O) groups excluding carboxylic acids is 3. The van der Waals surface area contributed by atoms with Crippen molar-refractivity contribution in [3.8, 4) is 0 Å². The lowest BCUT2D eigenvalue weighted by atomic mass is 10.1. The number of rotatable bonds is 5. The lowest BCUT2D eigenvalue weighted by Crippen LogP contribution is -2.53. The first kappa shape index (κ1) is 22.4. The van der Waals surface area contributed by atoms with Crippen molar-refractivity contribution in [3.63, 3.8) is 0 Å². The highest BCUT2D eigenvalue weighted by Gasteiger charge is 2.42. The van der Waals surface area contributed by atoms with Crippen molar-refractivity contribution in [3.05, 3.63) is 56.8 Å². The highest BCUT2D eigenvalue weighted by molar-refractivity contribution is 7.15. The molecule has 10 nitrogen and oxygen atoms in total. The molecule has 2 N–H and O–H groups in total. The summed E-state index contributed by atoms with van der Waals surface area (Å²) in [5.74, 6) is -0.628. The number of benzene rings is 1. The molecule has 2 amide bonds. The second kappa shape index (κ2) is 9.09. The fourth-order valence-electron chi connectivity index (χ4n) is 4.27. The van der Waals surface area contributed by atoms with Crippen LogP contribution in [0.15, 0.2) is 46.1 Å². The summed E-state index contributed by atoms with van der Waals surface area (Å²) in [4.78, 5) is 41.5. The van der Waals surface area contributed by atoms with E-state index in [4.69, 9.17) is 4.74 Å². The molecule has 2 aliphatic heterocycles. The Morgan fingerprint density at radius 1 is 1.18 bits per heavy atom. The molecule has 0 spiro atoms. The van der Waals surface area contributed by atoms with E-state index >= 15 is 0 Å². The number of thiophene rings is 1. The zero-order chi connectivity index (χ0) is 23.8. The van der Waals surface area contributed by atoms with E-state index in [0.29, 0.717) is 37.8 Å². The van der Waals surface area contributed by atoms with Gasteiger partial charge in [0.05, 0.1) is 28.3 Å². The van der Waals surface area contributed by atoms with Crippen molar-refractivity contribution in [2.45, 2.75) is 13.0 Å². The summed E-state index contributed by atoms with van der Waals surface area (Å²) in [5.41, 5.74) is 5.34. The quantitative estimate of drug-likeness (QED) is 0.635. The standard InChI is InChI=1S/C23H24N6O4S/c1-3-33-22(31)16-8-7-15(34-16)20-18-19(25-26-20)13-5-4-6-14(17(13)21(18)30)24-23(32)27-29-11-9-28(2)10-12-29/h4-8,19H,3,9-12H2,1-2H3,(H2,24,27,32). The number of hydrazine groups is 1. The Morgan fingerprint density at radius 2 is 1.97 bits per heavy atom. The van der Waals surface area contributed by atoms with Gasteiger partial charge >= 0.3 is 12.0 Å². The first-order chi connectivity index (χ1) is 16.5. The molecule has 5 rings (SSSR count). The van der Waals surface area contributed by atoms with Crippen molar-refractivity contribution >= 4 is 40.5 Å². The van der Waals surface area contributed by atoms with Gasteiger partial charge in [-0.25, -0.2) is 14.6 Å². The average molecular weight is 481 g/mol. The van der Waals surface area contributed by atoms with E-state index in [-0.39, 0.29) is 12.4 Å². The molecular formula is C23H24N6O4S. The first-order valence-corrected chi connectivity index (χ1v) is 11.9.